The molecule has 1 aromatic heterocycles. The highest BCUT2D eigenvalue weighted by Crippen LogP contribution is 2.19. The molecule has 2 heterocycles. The molecular weight excluding hydrogens is 306 g/mol. The molecule has 1 aliphatic heterocycles. The van der Waals surface area contributed by atoms with Crippen LogP contribution in [0, 0.1) is 0 Å². The number of aromatic nitrogens is 2. The van der Waals surface area contributed by atoms with Gasteiger partial charge in [0.25, 0.3) is 5.91 Å². The van der Waals surface area contributed by atoms with Crippen molar-refractivity contribution in [3.05, 3.63) is 42.1 Å². The summed E-state index contributed by atoms with van der Waals surface area (Å²) in [5.41, 5.74) is 7.07. The van der Waals surface area contributed by atoms with Crippen molar-refractivity contribution in [3.8, 4) is 11.4 Å². The van der Waals surface area contributed by atoms with Crippen molar-refractivity contribution in [2.24, 2.45) is 0 Å². The fourth-order valence-corrected chi connectivity index (χ4v) is 2.81. The van der Waals surface area contributed by atoms with E-state index in [0.717, 1.165) is 12.0 Å². The molecule has 0 radical (unpaired) electrons. The summed E-state index contributed by atoms with van der Waals surface area (Å²) in [4.78, 5) is 33.7. The predicted molar refractivity (Wildman–Crippen MR) is 90.0 cm³/mol. The topological polar surface area (TPSA) is 101 Å². The van der Waals surface area contributed by atoms with Crippen LogP contribution in [-0.2, 0) is 4.79 Å². The highest BCUT2D eigenvalue weighted by atomic mass is 16.2. The van der Waals surface area contributed by atoms with Gasteiger partial charge in [-0.15, -0.1) is 0 Å². The summed E-state index contributed by atoms with van der Waals surface area (Å²) in [6.07, 6.45) is 2.38. The second kappa shape index (κ2) is 6.66. The van der Waals surface area contributed by atoms with Gasteiger partial charge in [-0.1, -0.05) is 12.1 Å². The molecule has 1 saturated heterocycles. The molecule has 2 amide bonds. The number of carbonyl (C=O) groups is 2. The molecule has 1 atom stereocenters. The number of anilines is 1. The smallest absolute Gasteiger partial charge is 0.253 e. The van der Waals surface area contributed by atoms with Gasteiger partial charge >= 0.3 is 0 Å². The van der Waals surface area contributed by atoms with Crippen molar-refractivity contribution in [1.29, 1.82) is 0 Å². The maximum atomic E-state index is 12.5. The average molecular weight is 325 g/mol. The second-order valence-electron chi connectivity index (χ2n) is 5.82. The van der Waals surface area contributed by atoms with E-state index in [4.69, 9.17) is 5.73 Å². The van der Waals surface area contributed by atoms with Crippen LogP contribution in [0.4, 0.5) is 5.82 Å². The molecule has 0 bridgehead atoms. The Morgan fingerprint density at radius 1 is 1.25 bits per heavy atom. The lowest BCUT2D eigenvalue weighted by molar-refractivity contribution is -0.119. The molecule has 7 nitrogen and oxygen atoms in total. The normalized spacial score (nSPS) is 16.9. The van der Waals surface area contributed by atoms with Crippen molar-refractivity contribution < 1.29 is 9.59 Å². The molecule has 24 heavy (non-hydrogen) atoms. The zero-order valence-electron chi connectivity index (χ0n) is 13.4. The number of hydrogen-bond donors (Lipinski definition) is 2. The van der Waals surface area contributed by atoms with Crippen LogP contribution in [0.3, 0.4) is 0 Å². The highest BCUT2D eigenvalue weighted by Gasteiger charge is 2.27. The third-order valence-electron chi connectivity index (χ3n) is 3.95. The van der Waals surface area contributed by atoms with E-state index >= 15 is 0 Å². The fourth-order valence-electron chi connectivity index (χ4n) is 2.81. The monoisotopic (exact) mass is 325 g/mol. The van der Waals surface area contributed by atoms with Gasteiger partial charge in [-0.2, -0.15) is 0 Å². The Hall–Kier alpha value is -2.96. The summed E-state index contributed by atoms with van der Waals surface area (Å²) in [5, 5.41) is 2.85. The van der Waals surface area contributed by atoms with Crippen LogP contribution in [0.25, 0.3) is 11.4 Å². The van der Waals surface area contributed by atoms with E-state index in [-0.39, 0.29) is 17.9 Å². The second-order valence-corrected chi connectivity index (χ2v) is 5.82. The molecule has 1 fully saturated rings. The maximum Gasteiger partial charge on any atom is 0.253 e. The van der Waals surface area contributed by atoms with E-state index in [1.165, 1.54) is 6.92 Å². The molecule has 0 aliphatic carbocycles. The number of amides is 2. The highest BCUT2D eigenvalue weighted by molar-refractivity contribution is 5.95. The average Bonchev–Trinajstić information content (AvgIpc) is 3.02. The number of rotatable bonds is 3. The first-order valence-corrected chi connectivity index (χ1v) is 7.78. The van der Waals surface area contributed by atoms with Gasteiger partial charge in [0.2, 0.25) is 5.91 Å². The molecule has 3 N–H and O–H groups in total. The molecule has 124 valence electrons. The number of likely N-dealkylation sites (tertiary alicyclic amines) is 1. The van der Waals surface area contributed by atoms with E-state index in [9.17, 15) is 9.59 Å². The number of carbonyl (C=O) groups excluding carboxylic acids is 2. The molecule has 0 spiro atoms. The van der Waals surface area contributed by atoms with Crippen molar-refractivity contribution in [1.82, 2.24) is 20.2 Å². The van der Waals surface area contributed by atoms with Crippen molar-refractivity contribution >= 4 is 17.6 Å². The summed E-state index contributed by atoms with van der Waals surface area (Å²) in [5.74, 6) is 0.825. The minimum absolute atomic E-state index is 0.0337. The summed E-state index contributed by atoms with van der Waals surface area (Å²) in [7, 11) is 0. The number of hydrogen-bond acceptors (Lipinski definition) is 5. The van der Waals surface area contributed by atoms with Gasteiger partial charge in [0, 0.05) is 43.4 Å². The molecule has 7 heteroatoms. The van der Waals surface area contributed by atoms with Gasteiger partial charge in [-0.3, -0.25) is 9.59 Å². The SMILES string of the molecule is CC(=O)N[C@@H]1CCN(C(=O)c2ccc(-c3nccc(N)n3)cc2)C1. The Bertz CT molecular complexity index is 760. The Morgan fingerprint density at radius 3 is 2.67 bits per heavy atom. The third kappa shape index (κ3) is 3.51. The molecule has 3 rings (SSSR count). The summed E-state index contributed by atoms with van der Waals surface area (Å²) in [6, 6.07) is 8.80. The molecule has 1 aliphatic rings. The first kappa shape index (κ1) is 15.9. The molecule has 1 aromatic carbocycles. The predicted octanol–water partition coefficient (Wildman–Crippen LogP) is 1.08. The Morgan fingerprint density at radius 2 is 2.00 bits per heavy atom. The van der Waals surface area contributed by atoms with Crippen molar-refractivity contribution in [2.75, 3.05) is 18.8 Å². The zero-order chi connectivity index (χ0) is 17.1. The molecular formula is C17H19N5O2. The van der Waals surface area contributed by atoms with Gasteiger partial charge < -0.3 is 16.0 Å². The van der Waals surface area contributed by atoms with E-state index in [1.807, 2.05) is 12.1 Å². The van der Waals surface area contributed by atoms with Gasteiger partial charge in [-0.05, 0) is 24.6 Å². The van der Waals surface area contributed by atoms with Gasteiger partial charge in [0.05, 0.1) is 0 Å². The van der Waals surface area contributed by atoms with Gasteiger partial charge in [-0.25, -0.2) is 9.97 Å². The van der Waals surface area contributed by atoms with Gasteiger partial charge in [0.1, 0.15) is 5.82 Å². The van der Waals surface area contributed by atoms with Crippen LogP contribution in [0.15, 0.2) is 36.5 Å². The number of nitrogens with two attached hydrogens (primary N) is 1. The Kier molecular flexibility index (Phi) is 4.41. The van der Waals surface area contributed by atoms with Crippen molar-refractivity contribution in [3.63, 3.8) is 0 Å². The quantitative estimate of drug-likeness (QED) is 0.879. The Balaban J connectivity index is 1.69. The van der Waals surface area contributed by atoms with Crippen LogP contribution in [0.5, 0.6) is 0 Å². The minimum atomic E-state index is -0.0687. The third-order valence-corrected chi connectivity index (χ3v) is 3.95. The zero-order valence-corrected chi connectivity index (χ0v) is 13.4. The van der Waals surface area contributed by atoms with E-state index < -0.39 is 0 Å². The number of benzene rings is 1. The Labute approximate surface area is 139 Å². The summed E-state index contributed by atoms with van der Waals surface area (Å²) >= 11 is 0. The molecule has 0 saturated carbocycles. The number of nitrogens with one attached hydrogen (secondary N) is 1. The summed E-state index contributed by atoms with van der Waals surface area (Å²) in [6.45, 7) is 2.67. The van der Waals surface area contributed by atoms with Crippen LogP contribution in [-0.4, -0.2) is 45.8 Å². The van der Waals surface area contributed by atoms with E-state index in [0.29, 0.717) is 30.3 Å². The molecule has 2 aromatic rings. The molecule has 0 unspecified atom stereocenters. The van der Waals surface area contributed by atoms with E-state index in [2.05, 4.69) is 15.3 Å². The fraction of sp³-hybridized carbons (Fsp3) is 0.294. The maximum absolute atomic E-state index is 12.5. The number of nitrogen functional groups attached to an aromatic ring is 1. The van der Waals surface area contributed by atoms with Crippen LogP contribution < -0.4 is 11.1 Å². The lowest BCUT2D eigenvalue weighted by Gasteiger charge is -2.17. The number of nitrogens with zero attached hydrogens (tertiary/aromatic N) is 3. The van der Waals surface area contributed by atoms with Crippen LogP contribution in [0.2, 0.25) is 0 Å². The van der Waals surface area contributed by atoms with E-state index in [1.54, 1.807) is 29.3 Å². The first-order valence-electron chi connectivity index (χ1n) is 7.78. The lowest BCUT2D eigenvalue weighted by atomic mass is 10.1. The minimum Gasteiger partial charge on any atom is -0.384 e. The van der Waals surface area contributed by atoms with Crippen LogP contribution in [0.1, 0.15) is 23.7 Å². The largest absolute Gasteiger partial charge is 0.384 e. The van der Waals surface area contributed by atoms with Crippen molar-refractivity contribution in [2.45, 2.75) is 19.4 Å². The standard InChI is InChI=1S/C17H19N5O2/c1-11(23)20-14-7-9-22(10-14)17(24)13-4-2-12(3-5-13)16-19-8-6-15(18)21-16/h2-6,8,14H,7,9-10H2,1H3,(H,20,23)(H2,18,19,21)/t14-/m1/s1. The summed E-state index contributed by atoms with van der Waals surface area (Å²) < 4.78 is 0. The lowest BCUT2D eigenvalue weighted by Crippen LogP contribution is -2.37. The van der Waals surface area contributed by atoms with Crippen LogP contribution >= 0.6 is 0 Å². The van der Waals surface area contributed by atoms with Gasteiger partial charge in [0.15, 0.2) is 5.82 Å². The first-order chi connectivity index (χ1) is 11.5.